The summed E-state index contributed by atoms with van der Waals surface area (Å²) in [7, 11) is 0. The molecule has 0 spiro atoms. The molecule has 4 aromatic carbocycles. The van der Waals surface area contributed by atoms with Gasteiger partial charge in [-0.25, -0.2) is 4.39 Å². The number of hydrogen-bond donors (Lipinski definition) is 1. The molecular formula is C36H32FN3O5. The molecule has 0 bridgehead atoms. The van der Waals surface area contributed by atoms with Crippen LogP contribution in [0.2, 0.25) is 0 Å². The van der Waals surface area contributed by atoms with Crippen molar-refractivity contribution in [1.29, 1.82) is 0 Å². The lowest BCUT2D eigenvalue weighted by Crippen LogP contribution is -2.48. The van der Waals surface area contributed by atoms with Gasteiger partial charge in [-0.3, -0.25) is 24.1 Å². The summed E-state index contributed by atoms with van der Waals surface area (Å²) in [5.74, 6) is -1.09. The zero-order valence-electron chi connectivity index (χ0n) is 24.5. The Morgan fingerprint density at radius 2 is 1.40 bits per heavy atom. The average Bonchev–Trinajstić information content (AvgIpc) is 3.59. The van der Waals surface area contributed by atoms with Crippen LogP contribution in [-0.4, -0.2) is 52.6 Å². The van der Waals surface area contributed by atoms with Gasteiger partial charge < -0.3 is 15.0 Å². The van der Waals surface area contributed by atoms with Crippen molar-refractivity contribution >= 4 is 29.3 Å². The first-order valence-electron chi connectivity index (χ1n) is 15.0. The lowest BCUT2D eigenvalue weighted by Gasteiger charge is -2.26. The van der Waals surface area contributed by atoms with Crippen LogP contribution in [0.1, 0.15) is 45.5 Å². The van der Waals surface area contributed by atoms with Crippen molar-refractivity contribution in [2.45, 2.75) is 31.7 Å². The van der Waals surface area contributed by atoms with E-state index < -0.39 is 30.3 Å². The molecule has 1 N–H and O–H groups in total. The van der Waals surface area contributed by atoms with Crippen LogP contribution >= 0.6 is 0 Å². The first-order chi connectivity index (χ1) is 21.9. The fraction of sp³-hybridized carbons (Fsp3) is 0.222. The number of amides is 4. The molecule has 228 valence electrons. The van der Waals surface area contributed by atoms with Crippen molar-refractivity contribution in [3.63, 3.8) is 0 Å². The van der Waals surface area contributed by atoms with E-state index in [-0.39, 0.29) is 28.8 Å². The lowest BCUT2D eigenvalue weighted by atomic mass is 9.97. The number of nitrogens with one attached hydrogen (secondary N) is 1. The summed E-state index contributed by atoms with van der Waals surface area (Å²) in [6, 6.07) is 28.3. The maximum atomic E-state index is 13.7. The number of anilines is 1. The van der Waals surface area contributed by atoms with Crippen LogP contribution in [0.5, 0.6) is 11.5 Å². The number of ether oxygens (including phenoxy) is 1. The topological polar surface area (TPSA) is 96.0 Å². The standard InChI is InChI=1S/C36H32FN3O5/c37-26-13-17-28(18-14-26)45-29-19-15-27(16-20-29)38-34(42)32-21-25(10-6-9-24-7-2-1-3-8-24)22-39(32)33(41)23-40-35(43)30-11-4-5-12-31(30)36(40)44/h1-5,7-8,11-20,25,32H,6,9-10,21-23H2,(H,38,42). The molecule has 2 atom stereocenters. The van der Waals surface area contributed by atoms with Crippen molar-refractivity contribution < 1.29 is 28.3 Å². The Morgan fingerprint density at radius 1 is 0.800 bits per heavy atom. The number of benzene rings is 4. The summed E-state index contributed by atoms with van der Waals surface area (Å²) < 4.78 is 18.9. The molecule has 2 aliphatic heterocycles. The number of hydrogen-bond acceptors (Lipinski definition) is 5. The Balaban J connectivity index is 1.13. The van der Waals surface area contributed by atoms with Crippen LogP contribution in [0.25, 0.3) is 0 Å². The predicted molar refractivity (Wildman–Crippen MR) is 166 cm³/mol. The quantitative estimate of drug-likeness (QED) is 0.221. The van der Waals surface area contributed by atoms with E-state index in [1.54, 1.807) is 48.5 Å². The van der Waals surface area contributed by atoms with Gasteiger partial charge in [-0.2, -0.15) is 0 Å². The van der Waals surface area contributed by atoms with E-state index in [0.717, 1.165) is 24.2 Å². The van der Waals surface area contributed by atoms with Crippen LogP contribution in [0, 0.1) is 11.7 Å². The number of carbonyl (C=O) groups excluding carboxylic acids is 4. The van der Waals surface area contributed by atoms with Gasteiger partial charge in [0, 0.05) is 12.2 Å². The number of nitrogens with zero attached hydrogens (tertiary/aromatic N) is 2. The van der Waals surface area contributed by atoms with Crippen LogP contribution in [0.15, 0.2) is 103 Å². The Kier molecular flexibility index (Phi) is 8.68. The number of halogens is 1. The van der Waals surface area contributed by atoms with Gasteiger partial charge in [-0.1, -0.05) is 42.5 Å². The Morgan fingerprint density at radius 3 is 2.04 bits per heavy atom. The molecule has 2 heterocycles. The molecule has 1 saturated heterocycles. The molecule has 2 aliphatic rings. The highest BCUT2D eigenvalue weighted by atomic mass is 19.1. The van der Waals surface area contributed by atoms with Crippen LogP contribution in [0.4, 0.5) is 10.1 Å². The Bertz CT molecular complexity index is 1670. The van der Waals surface area contributed by atoms with Gasteiger partial charge in [-0.05, 0) is 97.8 Å². The molecular weight excluding hydrogens is 573 g/mol. The molecule has 0 aromatic heterocycles. The molecule has 6 rings (SSSR count). The second-order valence-corrected chi connectivity index (χ2v) is 11.4. The minimum absolute atomic E-state index is 0.0853. The molecule has 4 amide bonds. The minimum Gasteiger partial charge on any atom is -0.457 e. The summed E-state index contributed by atoms with van der Waals surface area (Å²) in [5, 5.41) is 2.91. The largest absolute Gasteiger partial charge is 0.457 e. The van der Waals surface area contributed by atoms with Gasteiger partial charge in [-0.15, -0.1) is 0 Å². The predicted octanol–water partition coefficient (Wildman–Crippen LogP) is 6.09. The number of likely N-dealkylation sites (tertiary alicyclic amines) is 1. The third-order valence-corrected chi connectivity index (χ3v) is 8.27. The normalized spacial score (nSPS) is 17.4. The van der Waals surface area contributed by atoms with Gasteiger partial charge in [0.05, 0.1) is 11.1 Å². The van der Waals surface area contributed by atoms with E-state index >= 15 is 0 Å². The summed E-state index contributed by atoms with van der Waals surface area (Å²) in [6.07, 6.45) is 3.09. The van der Waals surface area contributed by atoms with Crippen molar-refractivity contribution in [3.8, 4) is 11.5 Å². The maximum absolute atomic E-state index is 13.7. The molecule has 4 aromatic rings. The average molecular weight is 606 g/mol. The van der Waals surface area contributed by atoms with Crippen LogP contribution < -0.4 is 10.1 Å². The lowest BCUT2D eigenvalue weighted by molar-refractivity contribution is -0.136. The van der Waals surface area contributed by atoms with Gasteiger partial charge in [0.15, 0.2) is 0 Å². The Labute approximate surface area is 260 Å². The zero-order valence-corrected chi connectivity index (χ0v) is 24.5. The van der Waals surface area contributed by atoms with Crippen LogP contribution in [0.3, 0.4) is 0 Å². The molecule has 0 saturated carbocycles. The van der Waals surface area contributed by atoms with Gasteiger partial charge >= 0.3 is 0 Å². The SMILES string of the molecule is O=C(Nc1ccc(Oc2ccc(F)cc2)cc1)C1CC(CCCc2ccccc2)CN1C(=O)CN1C(=O)c2ccccc2C1=O. The summed E-state index contributed by atoms with van der Waals surface area (Å²) in [6.45, 7) is -0.0678. The second kappa shape index (κ2) is 13.1. The Hall–Kier alpha value is -5.31. The monoisotopic (exact) mass is 605 g/mol. The molecule has 8 nitrogen and oxygen atoms in total. The van der Waals surface area contributed by atoms with Gasteiger partial charge in [0.1, 0.15) is 29.9 Å². The first-order valence-corrected chi connectivity index (χ1v) is 15.0. The zero-order chi connectivity index (χ0) is 31.3. The van der Waals surface area contributed by atoms with E-state index in [9.17, 15) is 23.6 Å². The highest BCUT2D eigenvalue weighted by Crippen LogP contribution is 2.31. The van der Waals surface area contributed by atoms with E-state index in [0.29, 0.717) is 30.2 Å². The highest BCUT2D eigenvalue weighted by Gasteiger charge is 2.42. The summed E-state index contributed by atoms with van der Waals surface area (Å²) in [5.41, 5.74) is 2.30. The van der Waals surface area contributed by atoms with Crippen LogP contribution in [-0.2, 0) is 16.0 Å². The van der Waals surface area contributed by atoms with Crippen molar-refractivity contribution in [1.82, 2.24) is 9.80 Å². The van der Waals surface area contributed by atoms with Crippen molar-refractivity contribution in [3.05, 3.63) is 126 Å². The molecule has 0 radical (unpaired) electrons. The molecule has 1 fully saturated rings. The summed E-state index contributed by atoms with van der Waals surface area (Å²) >= 11 is 0. The number of rotatable bonds is 10. The third kappa shape index (κ3) is 6.77. The number of aryl methyl sites for hydroxylation is 1. The molecule has 2 unspecified atom stereocenters. The second-order valence-electron chi connectivity index (χ2n) is 11.4. The number of carbonyl (C=O) groups is 4. The maximum Gasteiger partial charge on any atom is 0.262 e. The van der Waals surface area contributed by atoms with Crippen molar-refractivity contribution in [2.75, 3.05) is 18.4 Å². The molecule has 9 heteroatoms. The first kappa shape index (κ1) is 29.7. The number of imide groups is 1. The fourth-order valence-electron chi connectivity index (χ4n) is 5.98. The van der Waals surface area contributed by atoms with E-state index in [4.69, 9.17) is 4.74 Å². The number of fused-ring (bicyclic) bond motifs is 1. The molecule has 0 aliphatic carbocycles. The summed E-state index contributed by atoms with van der Waals surface area (Å²) in [4.78, 5) is 55.6. The third-order valence-electron chi connectivity index (χ3n) is 8.27. The highest BCUT2D eigenvalue weighted by molar-refractivity contribution is 6.22. The molecule has 45 heavy (non-hydrogen) atoms. The smallest absolute Gasteiger partial charge is 0.262 e. The van der Waals surface area contributed by atoms with E-state index in [2.05, 4.69) is 17.4 Å². The van der Waals surface area contributed by atoms with E-state index in [1.807, 2.05) is 18.2 Å². The minimum atomic E-state index is -0.760. The van der Waals surface area contributed by atoms with Gasteiger partial charge in [0.2, 0.25) is 11.8 Å². The van der Waals surface area contributed by atoms with Crippen molar-refractivity contribution in [2.24, 2.45) is 5.92 Å². The fourth-order valence-corrected chi connectivity index (χ4v) is 5.98. The van der Waals surface area contributed by atoms with Gasteiger partial charge in [0.25, 0.3) is 11.8 Å². The van der Waals surface area contributed by atoms with E-state index in [1.165, 1.54) is 34.7 Å².